The van der Waals surface area contributed by atoms with Gasteiger partial charge in [-0.1, -0.05) is 30.3 Å². The van der Waals surface area contributed by atoms with Gasteiger partial charge in [-0.3, -0.25) is 4.79 Å². The van der Waals surface area contributed by atoms with Gasteiger partial charge in [-0.15, -0.1) is 0 Å². The average Bonchev–Trinajstić information content (AvgIpc) is 3.24. The highest BCUT2D eigenvalue weighted by molar-refractivity contribution is 5.82. The summed E-state index contributed by atoms with van der Waals surface area (Å²) < 4.78 is 4.95. The summed E-state index contributed by atoms with van der Waals surface area (Å²) in [4.78, 5) is 12.1. The van der Waals surface area contributed by atoms with E-state index in [0.717, 1.165) is 6.42 Å². The van der Waals surface area contributed by atoms with Crippen LogP contribution in [0.1, 0.15) is 31.2 Å². The van der Waals surface area contributed by atoms with Gasteiger partial charge >= 0.3 is 0 Å². The molecule has 2 rings (SSSR count). The molecule has 1 saturated carbocycles. The molecular weight excluding hydrogens is 254 g/mol. The summed E-state index contributed by atoms with van der Waals surface area (Å²) in [5.74, 6) is 0.423. The molecular formula is C16H23NO3. The van der Waals surface area contributed by atoms with Crippen LogP contribution in [0.4, 0.5) is 0 Å². The molecule has 0 saturated heterocycles. The van der Waals surface area contributed by atoms with E-state index in [1.165, 1.54) is 5.56 Å². The minimum absolute atomic E-state index is 0.0385. The van der Waals surface area contributed by atoms with Gasteiger partial charge in [-0.25, -0.2) is 0 Å². The van der Waals surface area contributed by atoms with E-state index in [1.807, 2.05) is 18.2 Å². The second-order valence-corrected chi connectivity index (χ2v) is 5.82. The SMILES string of the molecule is COCCC(C)(O)CNC(=O)C1CC1c1ccccc1. The molecule has 0 aromatic heterocycles. The van der Waals surface area contributed by atoms with Gasteiger partial charge < -0.3 is 15.2 Å². The molecule has 0 aliphatic heterocycles. The van der Waals surface area contributed by atoms with Crippen molar-refractivity contribution >= 4 is 5.91 Å². The lowest BCUT2D eigenvalue weighted by atomic mass is 10.0. The van der Waals surface area contributed by atoms with Crippen LogP contribution >= 0.6 is 0 Å². The summed E-state index contributed by atoms with van der Waals surface area (Å²) in [7, 11) is 1.60. The Hall–Kier alpha value is -1.39. The highest BCUT2D eigenvalue weighted by Gasteiger charge is 2.44. The van der Waals surface area contributed by atoms with E-state index in [-0.39, 0.29) is 18.4 Å². The second-order valence-electron chi connectivity index (χ2n) is 5.82. The predicted molar refractivity (Wildman–Crippen MR) is 77.4 cm³/mol. The van der Waals surface area contributed by atoms with Crippen LogP contribution in [0.5, 0.6) is 0 Å². The van der Waals surface area contributed by atoms with Crippen molar-refractivity contribution in [2.75, 3.05) is 20.3 Å². The molecule has 3 atom stereocenters. The number of methoxy groups -OCH3 is 1. The predicted octanol–water partition coefficient (Wildman–Crippen LogP) is 1.69. The zero-order valence-corrected chi connectivity index (χ0v) is 12.1. The maximum absolute atomic E-state index is 12.1. The summed E-state index contributed by atoms with van der Waals surface area (Å²) in [5, 5.41) is 12.9. The van der Waals surface area contributed by atoms with Gasteiger partial charge in [0.05, 0.1) is 5.60 Å². The molecule has 0 radical (unpaired) electrons. The largest absolute Gasteiger partial charge is 0.388 e. The standard InChI is InChI=1S/C16H23NO3/c1-16(19,8-9-20-2)11-17-15(18)14-10-13(14)12-6-4-3-5-7-12/h3-7,13-14,19H,8-11H2,1-2H3,(H,17,18). The van der Waals surface area contributed by atoms with Gasteiger partial charge in [-0.05, 0) is 24.8 Å². The van der Waals surface area contributed by atoms with E-state index in [4.69, 9.17) is 4.74 Å². The van der Waals surface area contributed by atoms with Crippen LogP contribution < -0.4 is 5.32 Å². The first-order valence-electron chi connectivity index (χ1n) is 7.07. The molecule has 1 aliphatic rings. The summed E-state index contributed by atoms with van der Waals surface area (Å²) in [5.41, 5.74) is 0.307. The Bertz CT molecular complexity index is 444. The van der Waals surface area contributed by atoms with Crippen molar-refractivity contribution in [2.24, 2.45) is 5.92 Å². The zero-order valence-electron chi connectivity index (χ0n) is 12.1. The number of carbonyl (C=O) groups excluding carboxylic acids is 1. The molecule has 1 aromatic rings. The number of ether oxygens (including phenoxy) is 1. The first-order valence-corrected chi connectivity index (χ1v) is 7.07. The van der Waals surface area contributed by atoms with E-state index in [9.17, 15) is 9.90 Å². The van der Waals surface area contributed by atoms with Crippen molar-refractivity contribution in [2.45, 2.75) is 31.3 Å². The van der Waals surface area contributed by atoms with Crippen LogP contribution in [-0.4, -0.2) is 36.9 Å². The molecule has 3 unspecified atom stereocenters. The highest BCUT2D eigenvalue weighted by atomic mass is 16.5. The normalized spacial score (nSPS) is 23.9. The lowest BCUT2D eigenvalue weighted by molar-refractivity contribution is -0.123. The second kappa shape index (κ2) is 6.37. The number of aliphatic hydroxyl groups is 1. The number of amides is 1. The topological polar surface area (TPSA) is 58.6 Å². The van der Waals surface area contributed by atoms with Crippen molar-refractivity contribution < 1.29 is 14.6 Å². The number of carbonyl (C=O) groups is 1. The lowest BCUT2D eigenvalue weighted by Crippen LogP contribution is -2.42. The zero-order chi connectivity index (χ0) is 14.6. The fourth-order valence-electron chi connectivity index (χ4n) is 2.37. The molecule has 4 nitrogen and oxygen atoms in total. The summed E-state index contributed by atoms with van der Waals surface area (Å²) in [6.07, 6.45) is 1.41. The Morgan fingerprint density at radius 2 is 2.15 bits per heavy atom. The molecule has 4 heteroatoms. The van der Waals surface area contributed by atoms with Gasteiger partial charge in [0.25, 0.3) is 0 Å². The molecule has 20 heavy (non-hydrogen) atoms. The minimum atomic E-state index is -0.914. The van der Waals surface area contributed by atoms with Gasteiger partial charge in [-0.2, -0.15) is 0 Å². The Labute approximate surface area is 120 Å². The third-order valence-electron chi connectivity index (χ3n) is 3.84. The minimum Gasteiger partial charge on any atom is -0.388 e. The Morgan fingerprint density at radius 3 is 2.80 bits per heavy atom. The molecule has 0 spiro atoms. The number of nitrogens with one attached hydrogen (secondary N) is 1. The van der Waals surface area contributed by atoms with Crippen LogP contribution in [0.3, 0.4) is 0 Å². The van der Waals surface area contributed by atoms with Gasteiger partial charge in [0, 0.05) is 32.6 Å². The number of rotatable bonds is 7. The Morgan fingerprint density at radius 1 is 1.45 bits per heavy atom. The Kier molecular flexibility index (Phi) is 4.78. The maximum Gasteiger partial charge on any atom is 0.223 e. The number of hydrogen-bond acceptors (Lipinski definition) is 3. The van der Waals surface area contributed by atoms with E-state index in [2.05, 4.69) is 17.4 Å². The third kappa shape index (κ3) is 4.05. The molecule has 110 valence electrons. The van der Waals surface area contributed by atoms with Crippen molar-refractivity contribution in [3.8, 4) is 0 Å². The molecule has 0 heterocycles. The van der Waals surface area contributed by atoms with Crippen LogP contribution in [0, 0.1) is 5.92 Å². The molecule has 1 fully saturated rings. The Balaban J connectivity index is 1.77. The van der Waals surface area contributed by atoms with Gasteiger partial charge in [0.1, 0.15) is 0 Å². The summed E-state index contributed by atoms with van der Waals surface area (Å²) in [6.45, 7) is 2.47. The third-order valence-corrected chi connectivity index (χ3v) is 3.84. The van der Waals surface area contributed by atoms with Crippen LogP contribution in [-0.2, 0) is 9.53 Å². The van der Waals surface area contributed by atoms with E-state index in [1.54, 1.807) is 14.0 Å². The molecule has 1 aliphatic carbocycles. The van der Waals surface area contributed by atoms with Crippen molar-refractivity contribution in [3.05, 3.63) is 35.9 Å². The van der Waals surface area contributed by atoms with Crippen molar-refractivity contribution in [3.63, 3.8) is 0 Å². The van der Waals surface area contributed by atoms with E-state index < -0.39 is 5.60 Å². The van der Waals surface area contributed by atoms with E-state index in [0.29, 0.717) is 18.9 Å². The van der Waals surface area contributed by atoms with E-state index >= 15 is 0 Å². The summed E-state index contributed by atoms with van der Waals surface area (Å²) >= 11 is 0. The fraction of sp³-hybridized carbons (Fsp3) is 0.562. The van der Waals surface area contributed by atoms with Crippen molar-refractivity contribution in [1.29, 1.82) is 0 Å². The first-order chi connectivity index (χ1) is 9.53. The van der Waals surface area contributed by atoms with Crippen molar-refractivity contribution in [1.82, 2.24) is 5.32 Å². The average molecular weight is 277 g/mol. The van der Waals surface area contributed by atoms with Gasteiger partial charge in [0.2, 0.25) is 5.91 Å². The lowest BCUT2D eigenvalue weighted by Gasteiger charge is -2.23. The van der Waals surface area contributed by atoms with Crippen LogP contribution in [0.15, 0.2) is 30.3 Å². The quantitative estimate of drug-likeness (QED) is 0.797. The number of benzene rings is 1. The first kappa shape index (κ1) is 15.0. The summed E-state index contributed by atoms with van der Waals surface area (Å²) in [6, 6.07) is 10.1. The highest BCUT2D eigenvalue weighted by Crippen LogP contribution is 2.47. The fourth-order valence-corrected chi connectivity index (χ4v) is 2.37. The van der Waals surface area contributed by atoms with Crippen LogP contribution in [0.2, 0.25) is 0 Å². The molecule has 2 N–H and O–H groups in total. The molecule has 1 aromatic carbocycles. The van der Waals surface area contributed by atoms with Crippen LogP contribution in [0.25, 0.3) is 0 Å². The number of hydrogen-bond donors (Lipinski definition) is 2. The molecule has 0 bridgehead atoms. The molecule has 1 amide bonds. The maximum atomic E-state index is 12.1. The smallest absolute Gasteiger partial charge is 0.223 e. The van der Waals surface area contributed by atoms with Gasteiger partial charge in [0.15, 0.2) is 0 Å². The monoisotopic (exact) mass is 277 g/mol.